The van der Waals surface area contributed by atoms with E-state index in [4.69, 9.17) is 4.74 Å². The van der Waals surface area contributed by atoms with Crippen LogP contribution >= 0.6 is 0 Å². The van der Waals surface area contributed by atoms with E-state index >= 15 is 0 Å². The molecule has 1 aromatic carbocycles. The fraction of sp³-hybridized carbons (Fsp3) is 0.200. The maximum Gasteiger partial charge on any atom is 0.273 e. The van der Waals surface area contributed by atoms with E-state index < -0.39 is 16.6 Å². The lowest BCUT2D eigenvalue weighted by Gasteiger charge is -2.14. The molecule has 0 aliphatic rings. The highest BCUT2D eigenvalue weighted by Crippen LogP contribution is 2.31. The normalized spacial score (nSPS) is 10.3. The van der Waals surface area contributed by atoms with Gasteiger partial charge in [0.2, 0.25) is 5.91 Å². The molecule has 1 aromatic rings. The summed E-state index contributed by atoms with van der Waals surface area (Å²) in [7, 11) is 1.23. The van der Waals surface area contributed by atoms with Gasteiger partial charge >= 0.3 is 0 Å². The fourth-order valence-corrected chi connectivity index (χ4v) is 1.15. The predicted molar refractivity (Wildman–Crippen MR) is 60.5 cm³/mol. The van der Waals surface area contributed by atoms with E-state index in [0.29, 0.717) is 0 Å². The summed E-state index contributed by atoms with van der Waals surface area (Å²) < 4.78 is 4.74. The Hall–Kier alpha value is -2.64. The van der Waals surface area contributed by atoms with Crippen molar-refractivity contribution in [3.8, 4) is 11.5 Å². The minimum Gasteiger partial charge on any atom is -0.870 e. The molecule has 8 heteroatoms. The van der Waals surface area contributed by atoms with Gasteiger partial charge in [-0.25, -0.2) is 5.43 Å². The molecule has 18 heavy (non-hydrogen) atoms. The van der Waals surface area contributed by atoms with Gasteiger partial charge in [-0.3, -0.25) is 14.9 Å². The predicted octanol–water partition coefficient (Wildman–Crippen LogP) is 0.147. The second-order valence-corrected chi connectivity index (χ2v) is 3.25. The van der Waals surface area contributed by atoms with Crippen molar-refractivity contribution in [1.82, 2.24) is 5.43 Å². The summed E-state index contributed by atoms with van der Waals surface area (Å²) in [6.45, 7) is 1.24. The lowest BCUT2D eigenvalue weighted by Crippen LogP contribution is -2.12. The molecule has 1 amide bonds. The molecule has 0 radical (unpaired) electrons. The number of nitrogens with zero attached hydrogens (tertiary/aromatic N) is 2. The molecule has 0 aliphatic heterocycles. The monoisotopic (exact) mass is 252 g/mol. The first-order valence-electron chi connectivity index (χ1n) is 4.78. The molecule has 0 bridgehead atoms. The average Bonchev–Trinajstić information content (AvgIpc) is 2.30. The molecule has 0 heterocycles. The van der Waals surface area contributed by atoms with E-state index in [2.05, 4.69) is 10.5 Å². The third-order valence-electron chi connectivity index (χ3n) is 1.92. The van der Waals surface area contributed by atoms with Gasteiger partial charge in [-0.2, -0.15) is 5.10 Å². The quantitative estimate of drug-likeness (QED) is 0.465. The molecule has 0 unspecified atom stereocenters. The van der Waals surface area contributed by atoms with Crippen LogP contribution in [0.2, 0.25) is 0 Å². The number of nitro benzene ring substituents is 1. The molecular weight excluding hydrogens is 242 g/mol. The first kappa shape index (κ1) is 13.4. The lowest BCUT2D eigenvalue weighted by atomic mass is 10.2. The van der Waals surface area contributed by atoms with Gasteiger partial charge in [0.05, 0.1) is 24.3 Å². The van der Waals surface area contributed by atoms with Crippen molar-refractivity contribution in [2.24, 2.45) is 5.10 Å². The average molecular weight is 252 g/mol. The Morgan fingerprint density at radius 3 is 2.72 bits per heavy atom. The van der Waals surface area contributed by atoms with Gasteiger partial charge in [0, 0.05) is 13.0 Å². The summed E-state index contributed by atoms with van der Waals surface area (Å²) in [4.78, 5) is 20.6. The van der Waals surface area contributed by atoms with Crippen molar-refractivity contribution in [3.05, 3.63) is 27.8 Å². The number of hydrazone groups is 1. The van der Waals surface area contributed by atoms with Crippen LogP contribution in [0, 0.1) is 10.1 Å². The van der Waals surface area contributed by atoms with Gasteiger partial charge in [-0.1, -0.05) is 5.75 Å². The van der Waals surface area contributed by atoms with Gasteiger partial charge in [0.1, 0.15) is 5.75 Å². The number of benzene rings is 1. The van der Waals surface area contributed by atoms with Gasteiger partial charge in [-0.15, -0.1) is 0 Å². The van der Waals surface area contributed by atoms with Crippen molar-refractivity contribution >= 4 is 17.8 Å². The molecule has 1 N–H and O–H groups in total. The maximum absolute atomic E-state index is 11.7. The van der Waals surface area contributed by atoms with Crippen molar-refractivity contribution in [2.75, 3.05) is 7.11 Å². The summed E-state index contributed by atoms with van der Waals surface area (Å²) in [5.74, 6) is -1.12. The number of hydrogen-bond donors (Lipinski definition) is 1. The topological polar surface area (TPSA) is 117 Å². The molecule has 0 atom stereocenters. The summed E-state index contributed by atoms with van der Waals surface area (Å²) >= 11 is 0. The summed E-state index contributed by atoms with van der Waals surface area (Å²) in [6.07, 6.45) is 1.03. The van der Waals surface area contributed by atoms with E-state index in [9.17, 15) is 20.0 Å². The SMILES string of the molecule is COc1cc([N+](=O)[O-])cc(/C=N\NC(C)=O)c1[O-]. The van der Waals surface area contributed by atoms with Crippen LogP contribution in [-0.4, -0.2) is 24.2 Å². The number of nitro groups is 1. The van der Waals surface area contributed by atoms with Crippen molar-refractivity contribution in [1.29, 1.82) is 0 Å². The Balaban J connectivity index is 3.16. The summed E-state index contributed by atoms with van der Waals surface area (Å²) in [5.41, 5.74) is 1.75. The van der Waals surface area contributed by atoms with E-state index in [0.717, 1.165) is 18.3 Å². The van der Waals surface area contributed by atoms with Crippen molar-refractivity contribution in [2.45, 2.75) is 6.92 Å². The van der Waals surface area contributed by atoms with E-state index in [-0.39, 0.29) is 17.0 Å². The van der Waals surface area contributed by atoms with Crippen molar-refractivity contribution in [3.63, 3.8) is 0 Å². The number of nitrogens with one attached hydrogen (secondary N) is 1. The Morgan fingerprint density at radius 1 is 1.56 bits per heavy atom. The number of non-ortho nitro benzene ring substituents is 1. The Kier molecular flexibility index (Phi) is 4.19. The number of rotatable bonds is 4. The zero-order valence-corrected chi connectivity index (χ0v) is 9.67. The molecule has 0 saturated carbocycles. The zero-order valence-electron chi connectivity index (χ0n) is 9.67. The van der Waals surface area contributed by atoms with Crippen LogP contribution in [0.1, 0.15) is 12.5 Å². The van der Waals surface area contributed by atoms with Crippen LogP contribution in [0.15, 0.2) is 17.2 Å². The Labute approximate surface area is 102 Å². The molecule has 96 valence electrons. The van der Waals surface area contributed by atoms with E-state index in [1.807, 2.05) is 0 Å². The summed E-state index contributed by atoms with van der Waals surface area (Å²) in [5, 5.41) is 25.8. The molecule has 0 aromatic heterocycles. The van der Waals surface area contributed by atoms with Crippen molar-refractivity contribution < 1.29 is 19.6 Å². The smallest absolute Gasteiger partial charge is 0.273 e. The van der Waals surface area contributed by atoms with Gasteiger partial charge in [0.15, 0.2) is 0 Å². The first-order chi connectivity index (χ1) is 8.45. The van der Waals surface area contributed by atoms with Crippen LogP contribution in [0.5, 0.6) is 11.5 Å². The summed E-state index contributed by atoms with van der Waals surface area (Å²) in [6, 6.07) is 2.08. The number of carbonyl (C=O) groups excluding carboxylic acids is 1. The number of amides is 1. The van der Waals surface area contributed by atoms with Gasteiger partial charge in [-0.05, 0) is 5.56 Å². The molecular formula is C10H10N3O5-. The molecule has 0 saturated heterocycles. The highest BCUT2D eigenvalue weighted by Gasteiger charge is 2.11. The van der Waals surface area contributed by atoms with Crippen LogP contribution < -0.4 is 15.3 Å². The molecule has 1 rings (SSSR count). The Morgan fingerprint density at radius 2 is 2.22 bits per heavy atom. The second-order valence-electron chi connectivity index (χ2n) is 3.25. The van der Waals surface area contributed by atoms with E-state index in [1.165, 1.54) is 14.0 Å². The van der Waals surface area contributed by atoms with Crippen LogP contribution in [-0.2, 0) is 4.79 Å². The third-order valence-corrected chi connectivity index (χ3v) is 1.92. The molecule has 0 fully saturated rings. The highest BCUT2D eigenvalue weighted by atomic mass is 16.6. The number of ether oxygens (including phenoxy) is 1. The number of carbonyl (C=O) groups is 1. The second kappa shape index (κ2) is 5.62. The zero-order chi connectivity index (χ0) is 13.7. The molecule has 0 aliphatic carbocycles. The highest BCUT2D eigenvalue weighted by molar-refractivity contribution is 5.87. The first-order valence-corrected chi connectivity index (χ1v) is 4.78. The minimum absolute atomic E-state index is 0.0465. The number of methoxy groups -OCH3 is 1. The minimum atomic E-state index is -0.655. The Bertz CT molecular complexity index is 512. The maximum atomic E-state index is 11.7. The standard InChI is InChI=1S/C10H11N3O5/c1-6(14)12-11-5-7-3-8(13(16)17)4-9(18-2)10(7)15/h3-5,15H,1-2H3,(H,12,14)/p-1/b11-5-. The van der Waals surface area contributed by atoms with Crippen LogP contribution in [0.4, 0.5) is 5.69 Å². The molecule has 8 nitrogen and oxygen atoms in total. The van der Waals surface area contributed by atoms with Crippen LogP contribution in [0.25, 0.3) is 0 Å². The third kappa shape index (κ3) is 3.17. The fourth-order valence-electron chi connectivity index (χ4n) is 1.15. The number of hydrogen-bond acceptors (Lipinski definition) is 6. The lowest BCUT2D eigenvalue weighted by molar-refractivity contribution is -0.385. The van der Waals surface area contributed by atoms with Crippen LogP contribution in [0.3, 0.4) is 0 Å². The van der Waals surface area contributed by atoms with Gasteiger partial charge < -0.3 is 9.84 Å². The molecule has 0 spiro atoms. The van der Waals surface area contributed by atoms with E-state index in [1.54, 1.807) is 0 Å². The van der Waals surface area contributed by atoms with Gasteiger partial charge in [0.25, 0.3) is 5.69 Å². The largest absolute Gasteiger partial charge is 0.870 e.